The van der Waals surface area contributed by atoms with E-state index >= 15 is 0 Å². The van der Waals surface area contributed by atoms with Crippen molar-refractivity contribution < 1.29 is 9.47 Å². The molecule has 0 aliphatic carbocycles. The van der Waals surface area contributed by atoms with Crippen LogP contribution in [-0.2, 0) is 6.42 Å². The maximum Gasteiger partial charge on any atom is 0.164 e. The zero-order valence-electron chi connectivity index (χ0n) is 11.4. The molecule has 3 nitrogen and oxygen atoms in total. The van der Waals surface area contributed by atoms with Gasteiger partial charge in [-0.25, -0.2) is 0 Å². The van der Waals surface area contributed by atoms with Crippen LogP contribution in [0.4, 0.5) is 0 Å². The van der Waals surface area contributed by atoms with Crippen LogP contribution < -0.4 is 15.2 Å². The summed E-state index contributed by atoms with van der Waals surface area (Å²) in [5.74, 6) is 2.33. The lowest BCUT2D eigenvalue weighted by molar-refractivity contribution is 0.296. The predicted molar refractivity (Wildman–Crippen MR) is 73.5 cm³/mol. The first-order valence-electron chi connectivity index (χ1n) is 6.89. The van der Waals surface area contributed by atoms with E-state index in [4.69, 9.17) is 15.2 Å². The number of rotatable bonds is 4. The SMILES string of the molecule is CCc1c(C(C)CCN)ccc2c1OCCCO2. The number of ether oxygens (including phenoxy) is 2. The van der Waals surface area contributed by atoms with Gasteiger partial charge >= 0.3 is 0 Å². The number of nitrogens with two attached hydrogens (primary N) is 1. The summed E-state index contributed by atoms with van der Waals surface area (Å²) in [5.41, 5.74) is 8.31. The monoisotopic (exact) mass is 249 g/mol. The fraction of sp³-hybridized carbons (Fsp3) is 0.600. The van der Waals surface area contributed by atoms with E-state index in [-0.39, 0.29) is 0 Å². The molecule has 1 unspecified atom stereocenters. The van der Waals surface area contributed by atoms with Crippen LogP contribution in [0.1, 0.15) is 43.7 Å². The van der Waals surface area contributed by atoms with Gasteiger partial charge in [-0.15, -0.1) is 0 Å². The van der Waals surface area contributed by atoms with Crippen LogP contribution in [-0.4, -0.2) is 19.8 Å². The summed E-state index contributed by atoms with van der Waals surface area (Å²) >= 11 is 0. The van der Waals surface area contributed by atoms with Crippen molar-refractivity contribution in [2.75, 3.05) is 19.8 Å². The zero-order chi connectivity index (χ0) is 13.0. The number of hydrogen-bond acceptors (Lipinski definition) is 3. The van der Waals surface area contributed by atoms with Gasteiger partial charge in [-0.3, -0.25) is 0 Å². The van der Waals surface area contributed by atoms with Gasteiger partial charge in [0, 0.05) is 12.0 Å². The molecule has 0 amide bonds. The van der Waals surface area contributed by atoms with Crippen molar-refractivity contribution in [3.05, 3.63) is 23.3 Å². The Morgan fingerprint density at radius 1 is 1.28 bits per heavy atom. The Morgan fingerprint density at radius 2 is 2.06 bits per heavy atom. The number of hydrogen-bond donors (Lipinski definition) is 1. The zero-order valence-corrected chi connectivity index (χ0v) is 11.4. The Morgan fingerprint density at radius 3 is 2.78 bits per heavy atom. The van der Waals surface area contributed by atoms with E-state index in [0.717, 1.165) is 50.5 Å². The van der Waals surface area contributed by atoms with Gasteiger partial charge in [-0.1, -0.05) is 19.9 Å². The summed E-state index contributed by atoms with van der Waals surface area (Å²) in [5, 5.41) is 0. The fourth-order valence-electron chi connectivity index (χ4n) is 2.54. The molecule has 0 saturated carbocycles. The largest absolute Gasteiger partial charge is 0.490 e. The quantitative estimate of drug-likeness (QED) is 0.892. The average molecular weight is 249 g/mol. The van der Waals surface area contributed by atoms with Crippen LogP contribution in [0, 0.1) is 0 Å². The second-order valence-electron chi connectivity index (χ2n) is 4.84. The molecule has 0 fully saturated rings. The molecule has 1 aromatic rings. The van der Waals surface area contributed by atoms with E-state index < -0.39 is 0 Å². The third-order valence-corrected chi connectivity index (χ3v) is 3.54. The third-order valence-electron chi connectivity index (χ3n) is 3.54. The van der Waals surface area contributed by atoms with Crippen LogP contribution in [0.3, 0.4) is 0 Å². The van der Waals surface area contributed by atoms with Gasteiger partial charge < -0.3 is 15.2 Å². The summed E-state index contributed by atoms with van der Waals surface area (Å²) in [6.07, 6.45) is 2.93. The molecule has 0 spiro atoms. The normalized spacial score (nSPS) is 16.2. The molecule has 100 valence electrons. The molecule has 18 heavy (non-hydrogen) atoms. The summed E-state index contributed by atoms with van der Waals surface area (Å²) in [7, 11) is 0. The molecular weight excluding hydrogens is 226 g/mol. The topological polar surface area (TPSA) is 44.5 Å². The van der Waals surface area contributed by atoms with E-state index in [1.54, 1.807) is 0 Å². The van der Waals surface area contributed by atoms with Crippen molar-refractivity contribution in [3.63, 3.8) is 0 Å². The van der Waals surface area contributed by atoms with Crippen molar-refractivity contribution in [1.29, 1.82) is 0 Å². The lowest BCUT2D eigenvalue weighted by atomic mass is 9.91. The number of fused-ring (bicyclic) bond motifs is 1. The van der Waals surface area contributed by atoms with Gasteiger partial charge in [-0.2, -0.15) is 0 Å². The highest BCUT2D eigenvalue weighted by molar-refractivity contribution is 5.52. The highest BCUT2D eigenvalue weighted by Gasteiger charge is 2.19. The van der Waals surface area contributed by atoms with E-state index in [2.05, 4.69) is 19.9 Å². The lowest BCUT2D eigenvalue weighted by Gasteiger charge is -2.19. The molecule has 3 heteroatoms. The summed E-state index contributed by atoms with van der Waals surface area (Å²) in [6.45, 7) is 6.61. The second-order valence-corrected chi connectivity index (χ2v) is 4.84. The smallest absolute Gasteiger partial charge is 0.164 e. The Hall–Kier alpha value is -1.22. The predicted octanol–water partition coefficient (Wildman–Crippen LogP) is 2.86. The summed E-state index contributed by atoms with van der Waals surface area (Å²) in [4.78, 5) is 0. The van der Waals surface area contributed by atoms with Crippen molar-refractivity contribution in [2.45, 2.75) is 39.0 Å². The molecule has 1 aromatic carbocycles. The molecule has 0 bridgehead atoms. The summed E-state index contributed by atoms with van der Waals surface area (Å²) in [6, 6.07) is 4.22. The molecule has 1 atom stereocenters. The van der Waals surface area contributed by atoms with Crippen molar-refractivity contribution in [1.82, 2.24) is 0 Å². The minimum atomic E-state index is 0.474. The van der Waals surface area contributed by atoms with Crippen LogP contribution in [0.2, 0.25) is 0 Å². The third kappa shape index (κ3) is 2.61. The second kappa shape index (κ2) is 6.10. The molecule has 1 aliphatic heterocycles. The number of benzene rings is 1. The first kappa shape index (κ1) is 13.2. The fourth-order valence-corrected chi connectivity index (χ4v) is 2.54. The molecule has 0 radical (unpaired) electrons. The minimum Gasteiger partial charge on any atom is -0.490 e. The van der Waals surface area contributed by atoms with Crippen molar-refractivity contribution >= 4 is 0 Å². The molecule has 0 aromatic heterocycles. The Balaban J connectivity index is 2.39. The van der Waals surface area contributed by atoms with Crippen LogP contribution in [0.15, 0.2) is 12.1 Å². The standard InChI is InChI=1S/C15H23NO2/c1-3-12-13(11(2)7-8-16)5-6-14-15(12)18-10-4-9-17-14/h5-6,11H,3-4,7-10,16H2,1-2H3. The van der Waals surface area contributed by atoms with E-state index in [1.165, 1.54) is 11.1 Å². The molecular formula is C15H23NO2. The van der Waals surface area contributed by atoms with E-state index in [0.29, 0.717) is 5.92 Å². The Kier molecular flexibility index (Phi) is 4.48. The molecule has 2 N–H and O–H groups in total. The maximum absolute atomic E-state index is 5.88. The van der Waals surface area contributed by atoms with E-state index in [9.17, 15) is 0 Å². The molecule has 2 rings (SSSR count). The maximum atomic E-state index is 5.88. The highest BCUT2D eigenvalue weighted by Crippen LogP contribution is 2.38. The van der Waals surface area contributed by atoms with Crippen LogP contribution in [0.25, 0.3) is 0 Å². The van der Waals surface area contributed by atoms with Gasteiger partial charge in [0.25, 0.3) is 0 Å². The van der Waals surface area contributed by atoms with Gasteiger partial charge in [0.05, 0.1) is 13.2 Å². The average Bonchev–Trinajstić information content (AvgIpc) is 2.62. The van der Waals surface area contributed by atoms with Gasteiger partial charge in [0.15, 0.2) is 11.5 Å². The molecule has 1 aliphatic rings. The van der Waals surface area contributed by atoms with Crippen LogP contribution in [0.5, 0.6) is 11.5 Å². The first-order chi connectivity index (χ1) is 8.77. The Bertz CT molecular complexity index is 404. The van der Waals surface area contributed by atoms with Crippen LogP contribution >= 0.6 is 0 Å². The van der Waals surface area contributed by atoms with Crippen molar-refractivity contribution in [3.8, 4) is 11.5 Å². The molecule has 0 saturated heterocycles. The summed E-state index contributed by atoms with van der Waals surface area (Å²) < 4.78 is 11.6. The Labute approximate surface area is 109 Å². The first-order valence-corrected chi connectivity index (χ1v) is 6.89. The van der Waals surface area contributed by atoms with Crippen molar-refractivity contribution in [2.24, 2.45) is 5.73 Å². The molecule has 1 heterocycles. The van der Waals surface area contributed by atoms with E-state index in [1.807, 2.05) is 6.07 Å². The minimum absolute atomic E-state index is 0.474. The highest BCUT2D eigenvalue weighted by atomic mass is 16.5. The van der Waals surface area contributed by atoms with Gasteiger partial charge in [-0.05, 0) is 36.9 Å². The lowest BCUT2D eigenvalue weighted by Crippen LogP contribution is -2.08. The van der Waals surface area contributed by atoms with Gasteiger partial charge in [0.1, 0.15) is 0 Å². The van der Waals surface area contributed by atoms with Gasteiger partial charge in [0.2, 0.25) is 0 Å².